The van der Waals surface area contributed by atoms with Crippen molar-refractivity contribution in [2.24, 2.45) is 0 Å². The molecule has 2 N–H and O–H groups in total. The van der Waals surface area contributed by atoms with E-state index in [0.717, 1.165) is 0 Å². The smallest absolute Gasteiger partial charge is 0.255 e. The zero-order valence-corrected chi connectivity index (χ0v) is 14.5. The lowest BCUT2D eigenvalue weighted by molar-refractivity contribution is -0.114. The molecule has 7 heteroatoms. The molecule has 0 radical (unpaired) electrons. The molecule has 0 fully saturated rings. The average molecular weight is 344 g/mol. The fraction of sp³-hybridized carbons (Fsp3) is 0.222. The van der Waals surface area contributed by atoms with E-state index in [4.69, 9.17) is 14.2 Å². The summed E-state index contributed by atoms with van der Waals surface area (Å²) in [7, 11) is 4.54. The van der Waals surface area contributed by atoms with Gasteiger partial charge in [-0.05, 0) is 30.3 Å². The van der Waals surface area contributed by atoms with Crippen molar-refractivity contribution >= 4 is 23.2 Å². The van der Waals surface area contributed by atoms with Gasteiger partial charge < -0.3 is 24.8 Å². The number of hydrogen-bond acceptors (Lipinski definition) is 5. The third-order valence-corrected chi connectivity index (χ3v) is 3.43. The number of carbonyl (C=O) groups is 2. The number of benzene rings is 2. The second-order valence-corrected chi connectivity index (χ2v) is 5.12. The van der Waals surface area contributed by atoms with Gasteiger partial charge in [0.1, 0.15) is 17.2 Å². The second-order valence-electron chi connectivity index (χ2n) is 5.12. The summed E-state index contributed by atoms with van der Waals surface area (Å²) < 4.78 is 15.6. The summed E-state index contributed by atoms with van der Waals surface area (Å²) in [5.74, 6) is 0.953. The standard InChI is InChI=1S/C18H20N2O5/c1-11(21)19-15-9-12(5-8-16(15)24-3)18(22)20-14-7-6-13(23-2)10-17(14)25-4/h5-10H,1-4H3,(H,19,21)(H,20,22). The molecule has 0 bridgehead atoms. The van der Waals surface area contributed by atoms with Crippen molar-refractivity contribution in [3.8, 4) is 17.2 Å². The minimum atomic E-state index is -0.349. The Morgan fingerprint density at radius 3 is 2.12 bits per heavy atom. The molecule has 0 saturated carbocycles. The van der Waals surface area contributed by atoms with Crippen LogP contribution in [0.15, 0.2) is 36.4 Å². The highest BCUT2D eigenvalue weighted by Crippen LogP contribution is 2.30. The van der Waals surface area contributed by atoms with Crippen LogP contribution in [0.25, 0.3) is 0 Å². The van der Waals surface area contributed by atoms with Crippen LogP contribution in [-0.2, 0) is 4.79 Å². The summed E-state index contributed by atoms with van der Waals surface area (Å²) in [4.78, 5) is 23.8. The zero-order chi connectivity index (χ0) is 18.4. The molecule has 0 aliphatic heterocycles. The minimum Gasteiger partial charge on any atom is -0.497 e. The molecule has 0 aromatic heterocycles. The molecule has 0 atom stereocenters. The summed E-state index contributed by atoms with van der Waals surface area (Å²) in [6.45, 7) is 1.38. The van der Waals surface area contributed by atoms with Gasteiger partial charge in [-0.3, -0.25) is 9.59 Å². The number of rotatable bonds is 6. The number of ether oxygens (including phenoxy) is 3. The predicted octanol–water partition coefficient (Wildman–Crippen LogP) is 2.92. The second kappa shape index (κ2) is 8.05. The highest BCUT2D eigenvalue weighted by molar-refractivity contribution is 6.06. The minimum absolute atomic E-state index is 0.257. The van der Waals surface area contributed by atoms with Crippen molar-refractivity contribution in [3.63, 3.8) is 0 Å². The third-order valence-electron chi connectivity index (χ3n) is 3.43. The van der Waals surface area contributed by atoms with Crippen molar-refractivity contribution in [1.82, 2.24) is 0 Å². The Balaban J connectivity index is 2.28. The van der Waals surface area contributed by atoms with Crippen LogP contribution in [0.1, 0.15) is 17.3 Å². The number of methoxy groups -OCH3 is 3. The van der Waals surface area contributed by atoms with Gasteiger partial charge in [0.2, 0.25) is 5.91 Å². The van der Waals surface area contributed by atoms with Gasteiger partial charge in [-0.25, -0.2) is 0 Å². The molecule has 0 heterocycles. The molecule has 132 valence electrons. The van der Waals surface area contributed by atoms with Crippen molar-refractivity contribution in [2.45, 2.75) is 6.92 Å². The molecule has 7 nitrogen and oxygen atoms in total. The zero-order valence-electron chi connectivity index (χ0n) is 14.5. The number of hydrogen-bond donors (Lipinski definition) is 2. The summed E-state index contributed by atoms with van der Waals surface area (Å²) in [6, 6.07) is 9.85. The molecule has 0 aliphatic carbocycles. The van der Waals surface area contributed by atoms with E-state index in [9.17, 15) is 9.59 Å². The summed E-state index contributed by atoms with van der Waals surface area (Å²) in [6.07, 6.45) is 0. The van der Waals surface area contributed by atoms with E-state index < -0.39 is 0 Å². The molecule has 2 aromatic rings. The van der Waals surface area contributed by atoms with E-state index in [-0.39, 0.29) is 11.8 Å². The maximum Gasteiger partial charge on any atom is 0.255 e. The first kappa shape index (κ1) is 18.1. The Morgan fingerprint density at radius 1 is 0.800 bits per heavy atom. The molecule has 0 aliphatic rings. The highest BCUT2D eigenvalue weighted by atomic mass is 16.5. The Hall–Kier alpha value is -3.22. The van der Waals surface area contributed by atoms with Gasteiger partial charge in [-0.1, -0.05) is 0 Å². The molecule has 2 aromatic carbocycles. The number of amides is 2. The van der Waals surface area contributed by atoms with Gasteiger partial charge >= 0.3 is 0 Å². The van der Waals surface area contributed by atoms with Gasteiger partial charge in [0.15, 0.2) is 0 Å². The van der Waals surface area contributed by atoms with Crippen LogP contribution < -0.4 is 24.8 Å². The fourth-order valence-corrected chi connectivity index (χ4v) is 2.23. The van der Waals surface area contributed by atoms with Crippen LogP contribution >= 0.6 is 0 Å². The SMILES string of the molecule is COc1ccc(NC(=O)c2ccc(OC)c(NC(C)=O)c2)c(OC)c1. The summed E-state index contributed by atoms with van der Waals surface area (Å²) >= 11 is 0. The van der Waals surface area contributed by atoms with Crippen LogP contribution in [0.2, 0.25) is 0 Å². The third kappa shape index (κ3) is 4.41. The molecule has 2 amide bonds. The van der Waals surface area contributed by atoms with Crippen LogP contribution in [0.3, 0.4) is 0 Å². The first-order valence-corrected chi connectivity index (χ1v) is 7.47. The lowest BCUT2D eigenvalue weighted by atomic mass is 10.1. The van der Waals surface area contributed by atoms with E-state index in [2.05, 4.69) is 10.6 Å². The van der Waals surface area contributed by atoms with E-state index in [1.165, 1.54) is 21.1 Å². The Kier molecular flexibility index (Phi) is 5.84. The van der Waals surface area contributed by atoms with Crippen molar-refractivity contribution in [3.05, 3.63) is 42.0 Å². The largest absolute Gasteiger partial charge is 0.497 e. The topological polar surface area (TPSA) is 85.9 Å². The predicted molar refractivity (Wildman–Crippen MR) is 94.8 cm³/mol. The molecule has 0 spiro atoms. The van der Waals surface area contributed by atoms with Crippen molar-refractivity contribution < 1.29 is 23.8 Å². The average Bonchev–Trinajstić information content (AvgIpc) is 2.61. The van der Waals surface area contributed by atoms with E-state index >= 15 is 0 Å². The maximum absolute atomic E-state index is 12.5. The van der Waals surface area contributed by atoms with Crippen LogP contribution in [0, 0.1) is 0 Å². The number of anilines is 2. The number of carbonyl (C=O) groups excluding carboxylic acids is 2. The summed E-state index contributed by atoms with van der Waals surface area (Å²) in [5, 5.41) is 5.41. The van der Waals surface area contributed by atoms with E-state index in [0.29, 0.717) is 34.2 Å². The monoisotopic (exact) mass is 344 g/mol. The quantitative estimate of drug-likeness (QED) is 0.841. The van der Waals surface area contributed by atoms with Gasteiger partial charge in [0.25, 0.3) is 5.91 Å². The summed E-state index contributed by atoms with van der Waals surface area (Å²) in [5.41, 5.74) is 1.29. The van der Waals surface area contributed by atoms with E-state index in [1.807, 2.05) is 0 Å². The molecule has 25 heavy (non-hydrogen) atoms. The van der Waals surface area contributed by atoms with Gasteiger partial charge in [0, 0.05) is 18.6 Å². The van der Waals surface area contributed by atoms with E-state index in [1.54, 1.807) is 43.5 Å². The first-order valence-electron chi connectivity index (χ1n) is 7.47. The van der Waals surface area contributed by atoms with Gasteiger partial charge in [-0.2, -0.15) is 0 Å². The Bertz CT molecular complexity index is 789. The molecular formula is C18H20N2O5. The normalized spacial score (nSPS) is 9.92. The Labute approximate surface area is 145 Å². The lowest BCUT2D eigenvalue weighted by Crippen LogP contribution is -2.14. The molecule has 0 unspecified atom stereocenters. The van der Waals surface area contributed by atoms with Gasteiger partial charge in [-0.15, -0.1) is 0 Å². The first-order chi connectivity index (χ1) is 12.0. The van der Waals surface area contributed by atoms with Gasteiger partial charge in [0.05, 0.1) is 32.7 Å². The van der Waals surface area contributed by atoms with Crippen LogP contribution in [0.4, 0.5) is 11.4 Å². The fourth-order valence-electron chi connectivity index (χ4n) is 2.23. The molecular weight excluding hydrogens is 324 g/mol. The lowest BCUT2D eigenvalue weighted by Gasteiger charge is -2.13. The number of nitrogens with one attached hydrogen (secondary N) is 2. The van der Waals surface area contributed by atoms with Crippen molar-refractivity contribution in [1.29, 1.82) is 0 Å². The van der Waals surface area contributed by atoms with Crippen LogP contribution in [0.5, 0.6) is 17.2 Å². The highest BCUT2D eigenvalue weighted by Gasteiger charge is 2.14. The molecule has 0 saturated heterocycles. The van der Waals surface area contributed by atoms with Crippen LogP contribution in [-0.4, -0.2) is 33.1 Å². The van der Waals surface area contributed by atoms with Crippen molar-refractivity contribution in [2.75, 3.05) is 32.0 Å². The maximum atomic E-state index is 12.5. The Morgan fingerprint density at radius 2 is 1.52 bits per heavy atom. The molecule has 2 rings (SSSR count).